The van der Waals surface area contributed by atoms with Crippen LogP contribution in [0.4, 0.5) is 0 Å². The highest BCUT2D eigenvalue weighted by molar-refractivity contribution is 7.80. The van der Waals surface area contributed by atoms with Crippen molar-refractivity contribution in [2.45, 2.75) is 27.2 Å². The molecule has 2 amide bonds. The van der Waals surface area contributed by atoms with Gasteiger partial charge in [-0.15, -0.1) is 0 Å². The van der Waals surface area contributed by atoms with E-state index < -0.39 is 0 Å². The summed E-state index contributed by atoms with van der Waals surface area (Å²) in [4.78, 5) is 26.9. The molecule has 0 bridgehead atoms. The summed E-state index contributed by atoms with van der Waals surface area (Å²) in [7, 11) is 3.13. The third-order valence-electron chi connectivity index (χ3n) is 2.97. The molecule has 1 heterocycles. The Morgan fingerprint density at radius 2 is 1.33 bits per heavy atom. The van der Waals surface area contributed by atoms with E-state index in [4.69, 9.17) is 12.2 Å². The minimum absolute atomic E-state index is 0.0763. The van der Waals surface area contributed by atoms with Crippen molar-refractivity contribution in [3.05, 3.63) is 0 Å². The lowest BCUT2D eigenvalue weighted by molar-refractivity contribution is -0.138. The molecule has 5 nitrogen and oxygen atoms in total. The topological polar surface area (TPSA) is 43.9 Å². The summed E-state index contributed by atoms with van der Waals surface area (Å²) < 4.78 is 0. The third-order valence-corrected chi connectivity index (χ3v) is 3.51. The van der Waals surface area contributed by atoms with Crippen molar-refractivity contribution >= 4 is 29.1 Å². The summed E-state index contributed by atoms with van der Waals surface area (Å²) in [6, 6.07) is 0. The van der Waals surface area contributed by atoms with Gasteiger partial charge in [0, 0.05) is 14.1 Å². The summed E-state index contributed by atoms with van der Waals surface area (Å²) in [5.74, 6) is -0.476. The zero-order valence-electron chi connectivity index (χ0n) is 11.9. The molecule has 0 N–H and O–H groups in total. The number of hydrogen-bond donors (Lipinski definition) is 0. The smallest absolute Gasteiger partial charge is 0.237 e. The average molecular weight is 273 g/mol. The van der Waals surface area contributed by atoms with Crippen LogP contribution in [0.1, 0.15) is 27.2 Å². The van der Waals surface area contributed by atoms with Crippen LogP contribution in [0.15, 0.2) is 0 Å². The second kappa shape index (κ2) is 8.16. The number of amides is 2. The molecule has 1 aliphatic rings. The molecule has 6 heteroatoms. The Morgan fingerprint density at radius 3 is 1.56 bits per heavy atom. The summed E-state index contributed by atoms with van der Waals surface area (Å²) in [5, 5.41) is 0.270. The van der Waals surface area contributed by atoms with Gasteiger partial charge in [0.25, 0.3) is 0 Å². The second-order valence-corrected chi connectivity index (χ2v) is 4.35. The molecule has 1 saturated heterocycles. The van der Waals surface area contributed by atoms with Crippen molar-refractivity contribution in [3.8, 4) is 0 Å². The lowest BCUT2D eigenvalue weighted by Gasteiger charge is -2.30. The Bertz CT molecular complexity index is 289. The average Bonchev–Trinajstić information content (AvgIpc) is 2.37. The Morgan fingerprint density at radius 1 is 1.00 bits per heavy atom. The maximum atomic E-state index is 11.0. The van der Waals surface area contributed by atoms with Gasteiger partial charge in [-0.25, -0.2) is 0 Å². The number of carbonyl (C=O) groups is 2. The lowest BCUT2D eigenvalue weighted by Crippen LogP contribution is -2.51. The van der Waals surface area contributed by atoms with Crippen LogP contribution in [0.3, 0.4) is 0 Å². The Labute approximate surface area is 115 Å². The summed E-state index contributed by atoms with van der Waals surface area (Å²) in [6.07, 6.45) is -0.0763. The maximum absolute atomic E-state index is 11.0. The first kappa shape index (κ1) is 17.0. The molecule has 0 atom stereocenters. The van der Waals surface area contributed by atoms with Crippen LogP contribution in [-0.2, 0) is 9.59 Å². The Kier molecular flexibility index (Phi) is 7.70. The molecule has 104 valence electrons. The zero-order chi connectivity index (χ0) is 14.3. The molecule has 0 spiro atoms. The van der Waals surface area contributed by atoms with Gasteiger partial charge in [-0.1, -0.05) is 20.8 Å². The van der Waals surface area contributed by atoms with E-state index in [0.29, 0.717) is 0 Å². The predicted octanol–water partition coefficient (Wildman–Crippen LogP) is 0.940. The van der Waals surface area contributed by atoms with Gasteiger partial charge in [0.1, 0.15) is 6.42 Å². The molecule has 0 unspecified atom stereocenters. The van der Waals surface area contributed by atoms with Gasteiger partial charge in [-0.3, -0.25) is 19.4 Å². The van der Waals surface area contributed by atoms with Crippen molar-refractivity contribution in [1.82, 2.24) is 14.7 Å². The highest BCUT2D eigenvalue weighted by Crippen LogP contribution is 2.07. The van der Waals surface area contributed by atoms with Crippen molar-refractivity contribution in [2.75, 3.05) is 33.7 Å². The first-order chi connectivity index (χ1) is 8.38. The largest absolute Gasteiger partial charge is 0.304 e. The highest BCUT2D eigenvalue weighted by Gasteiger charge is 2.29. The van der Waals surface area contributed by atoms with Crippen LogP contribution in [-0.4, -0.2) is 65.4 Å². The standard InChI is InChI=1S/C6H8N2O2S.C6H15N/c1-7-4(9)3-5(10)8(2)6(7)11;1-4-7(5-2)6-3/h3H2,1-2H3;4-6H2,1-3H3. The molecule has 0 aromatic heterocycles. The predicted molar refractivity (Wildman–Crippen MR) is 76.2 cm³/mol. The number of rotatable bonds is 3. The fourth-order valence-corrected chi connectivity index (χ4v) is 1.68. The van der Waals surface area contributed by atoms with Crippen LogP contribution >= 0.6 is 12.2 Å². The molecule has 1 rings (SSSR count). The molecule has 18 heavy (non-hydrogen) atoms. The van der Waals surface area contributed by atoms with Crippen LogP contribution < -0.4 is 0 Å². The lowest BCUT2D eigenvalue weighted by atomic mass is 10.3. The maximum Gasteiger partial charge on any atom is 0.237 e. The first-order valence-corrected chi connectivity index (χ1v) is 6.59. The van der Waals surface area contributed by atoms with Crippen LogP contribution in [0.5, 0.6) is 0 Å². The van der Waals surface area contributed by atoms with E-state index in [1.165, 1.54) is 29.4 Å². The minimum atomic E-state index is -0.238. The van der Waals surface area contributed by atoms with E-state index in [1.807, 2.05) is 0 Å². The second-order valence-electron chi connectivity index (χ2n) is 3.98. The fourth-order valence-electron chi connectivity index (χ4n) is 1.48. The number of nitrogens with zero attached hydrogens (tertiary/aromatic N) is 3. The molecule has 0 aromatic carbocycles. The van der Waals surface area contributed by atoms with E-state index in [1.54, 1.807) is 14.1 Å². The molecular formula is C12H23N3O2S. The van der Waals surface area contributed by atoms with E-state index in [-0.39, 0.29) is 23.3 Å². The van der Waals surface area contributed by atoms with Crippen molar-refractivity contribution < 1.29 is 9.59 Å². The van der Waals surface area contributed by atoms with Gasteiger partial charge in [0.05, 0.1) is 0 Å². The van der Waals surface area contributed by atoms with Gasteiger partial charge >= 0.3 is 0 Å². The highest BCUT2D eigenvalue weighted by atomic mass is 32.1. The summed E-state index contributed by atoms with van der Waals surface area (Å²) in [6.45, 7) is 10.1. The van der Waals surface area contributed by atoms with Gasteiger partial charge in [-0.05, 0) is 31.9 Å². The van der Waals surface area contributed by atoms with Gasteiger partial charge in [0.15, 0.2) is 5.11 Å². The van der Waals surface area contributed by atoms with Gasteiger partial charge < -0.3 is 4.90 Å². The normalized spacial score (nSPS) is 16.0. The van der Waals surface area contributed by atoms with Gasteiger partial charge in [0.2, 0.25) is 11.8 Å². The van der Waals surface area contributed by atoms with Crippen LogP contribution in [0.2, 0.25) is 0 Å². The van der Waals surface area contributed by atoms with E-state index in [2.05, 4.69) is 25.7 Å². The van der Waals surface area contributed by atoms with Crippen LogP contribution in [0.25, 0.3) is 0 Å². The Hall–Kier alpha value is -1.01. The van der Waals surface area contributed by atoms with E-state index in [9.17, 15) is 9.59 Å². The summed E-state index contributed by atoms with van der Waals surface area (Å²) >= 11 is 4.82. The molecule has 0 saturated carbocycles. The molecule has 1 fully saturated rings. The third kappa shape index (κ3) is 4.70. The van der Waals surface area contributed by atoms with Crippen LogP contribution in [0, 0.1) is 0 Å². The monoisotopic (exact) mass is 273 g/mol. The Balaban J connectivity index is 0.000000360. The SMILES string of the molecule is CCN(CC)CC.CN1C(=O)CC(=O)N(C)C1=S. The summed E-state index contributed by atoms with van der Waals surface area (Å²) in [5.41, 5.74) is 0. The quantitative estimate of drug-likeness (QED) is 0.567. The minimum Gasteiger partial charge on any atom is -0.304 e. The number of thiocarbonyl (C=S) groups is 1. The molecule has 0 aromatic rings. The first-order valence-electron chi connectivity index (χ1n) is 6.18. The van der Waals surface area contributed by atoms with Crippen molar-refractivity contribution in [2.24, 2.45) is 0 Å². The zero-order valence-corrected chi connectivity index (χ0v) is 12.7. The van der Waals surface area contributed by atoms with E-state index >= 15 is 0 Å². The molecule has 0 aliphatic carbocycles. The van der Waals surface area contributed by atoms with Crippen molar-refractivity contribution in [1.29, 1.82) is 0 Å². The number of carbonyl (C=O) groups excluding carboxylic acids is 2. The van der Waals surface area contributed by atoms with Crippen molar-refractivity contribution in [3.63, 3.8) is 0 Å². The number of hydrogen-bond acceptors (Lipinski definition) is 4. The molecule has 1 aliphatic heterocycles. The fraction of sp³-hybridized carbons (Fsp3) is 0.750. The molecular weight excluding hydrogens is 250 g/mol. The van der Waals surface area contributed by atoms with E-state index in [0.717, 1.165) is 0 Å². The van der Waals surface area contributed by atoms with Gasteiger partial charge in [-0.2, -0.15) is 0 Å². The molecule has 0 radical (unpaired) electrons.